The summed E-state index contributed by atoms with van der Waals surface area (Å²) in [6.45, 7) is 0. The van der Waals surface area contributed by atoms with Crippen molar-refractivity contribution >= 4 is 34.0 Å². The van der Waals surface area contributed by atoms with Crippen LogP contribution in [0.5, 0.6) is 0 Å². The predicted octanol–water partition coefficient (Wildman–Crippen LogP) is -0.647. The summed E-state index contributed by atoms with van der Waals surface area (Å²) in [6.07, 6.45) is 0. The number of hydrogen-bond acceptors (Lipinski definition) is 3. The summed E-state index contributed by atoms with van der Waals surface area (Å²) in [6, 6.07) is 26.4. The van der Waals surface area contributed by atoms with Crippen LogP contribution in [0.4, 0.5) is 0 Å². The molecule has 24 heavy (non-hydrogen) atoms. The van der Waals surface area contributed by atoms with Gasteiger partial charge in [0.1, 0.15) is 10.1 Å². The maximum atomic E-state index is 11.1. The Balaban J connectivity index is 0.00000208. The molecule has 0 amide bonds. The van der Waals surface area contributed by atoms with Crippen LogP contribution in [0.2, 0.25) is 0 Å². The van der Waals surface area contributed by atoms with Gasteiger partial charge in [0, 0.05) is 0 Å². The van der Waals surface area contributed by atoms with Gasteiger partial charge < -0.3 is 4.55 Å². The third-order valence-electron chi connectivity index (χ3n) is 3.41. The van der Waals surface area contributed by atoms with Gasteiger partial charge in [0.15, 0.2) is 0 Å². The van der Waals surface area contributed by atoms with E-state index in [-0.39, 0.29) is 23.8 Å². The minimum absolute atomic E-state index is 0. The fraction of sp³-hybridized carbons (Fsp3) is 0. The maximum absolute atomic E-state index is 11.1. The molecule has 0 unspecified atom stereocenters. The Bertz CT molecular complexity index is 843. The van der Waals surface area contributed by atoms with Gasteiger partial charge in [-0.15, -0.1) is 0 Å². The molecule has 6 heteroatoms. The van der Waals surface area contributed by atoms with Crippen LogP contribution in [-0.2, 0) is 10.1 Å². The monoisotopic (exact) mass is 348 g/mol. The van der Waals surface area contributed by atoms with E-state index in [1.54, 1.807) is 12.1 Å². The van der Waals surface area contributed by atoms with E-state index in [1.165, 1.54) is 22.7 Å². The first-order valence-corrected chi connectivity index (χ1v) is 9.77. The molecule has 0 heterocycles. The van der Waals surface area contributed by atoms with E-state index in [2.05, 4.69) is 24.3 Å². The largest absolute Gasteiger partial charge is 1.00 e. The molecule has 0 saturated carbocycles. The SMILES string of the molecule is O=S(=O)([O-])c1ccc(P(c2ccccc2)c2ccccc2)cc1.[Li+]. The summed E-state index contributed by atoms with van der Waals surface area (Å²) in [5.74, 6) is 0. The molecule has 0 aliphatic rings. The smallest absolute Gasteiger partial charge is 0.744 e. The van der Waals surface area contributed by atoms with E-state index >= 15 is 0 Å². The second-order valence-electron chi connectivity index (χ2n) is 4.95. The van der Waals surface area contributed by atoms with Gasteiger partial charge in [0.05, 0.1) is 4.90 Å². The van der Waals surface area contributed by atoms with Gasteiger partial charge in [0.25, 0.3) is 0 Å². The van der Waals surface area contributed by atoms with Gasteiger partial charge in [-0.05, 0) is 36.0 Å². The molecule has 116 valence electrons. The van der Waals surface area contributed by atoms with E-state index in [4.69, 9.17) is 0 Å². The molecule has 0 bridgehead atoms. The quantitative estimate of drug-likeness (QED) is 0.358. The first-order valence-electron chi connectivity index (χ1n) is 7.02. The molecule has 0 aliphatic carbocycles. The summed E-state index contributed by atoms with van der Waals surface area (Å²) in [4.78, 5) is -0.197. The van der Waals surface area contributed by atoms with Crippen LogP contribution in [-0.4, -0.2) is 13.0 Å². The summed E-state index contributed by atoms with van der Waals surface area (Å²) in [7, 11) is -5.21. The van der Waals surface area contributed by atoms with Crippen LogP contribution < -0.4 is 34.8 Å². The molecule has 3 aromatic carbocycles. The normalized spacial score (nSPS) is 11.1. The van der Waals surface area contributed by atoms with Gasteiger partial charge in [-0.1, -0.05) is 72.8 Å². The van der Waals surface area contributed by atoms with E-state index in [1.807, 2.05) is 36.4 Å². The average Bonchev–Trinajstić information content (AvgIpc) is 2.57. The first kappa shape index (κ1) is 18.9. The zero-order valence-corrected chi connectivity index (χ0v) is 14.9. The Morgan fingerprint density at radius 2 is 1.00 bits per heavy atom. The van der Waals surface area contributed by atoms with E-state index < -0.39 is 18.0 Å². The fourth-order valence-corrected chi connectivity index (χ4v) is 5.11. The Hall–Kier alpha value is -1.40. The Morgan fingerprint density at radius 1 is 0.625 bits per heavy atom. The molecule has 0 aliphatic heterocycles. The third-order valence-corrected chi connectivity index (χ3v) is 6.71. The van der Waals surface area contributed by atoms with Crippen molar-refractivity contribution in [1.29, 1.82) is 0 Å². The van der Waals surface area contributed by atoms with Crippen molar-refractivity contribution in [3.05, 3.63) is 84.9 Å². The zero-order valence-electron chi connectivity index (χ0n) is 13.2. The minimum atomic E-state index is -4.42. The van der Waals surface area contributed by atoms with Gasteiger partial charge >= 0.3 is 18.9 Å². The molecule has 0 saturated heterocycles. The number of hydrogen-bond donors (Lipinski definition) is 0. The van der Waals surface area contributed by atoms with Crippen molar-refractivity contribution in [2.24, 2.45) is 0 Å². The molecular formula is C18H14LiO3PS. The second kappa shape index (κ2) is 8.12. The van der Waals surface area contributed by atoms with Crippen LogP contribution in [0.15, 0.2) is 89.8 Å². The zero-order chi connectivity index (χ0) is 16.3. The fourth-order valence-electron chi connectivity index (χ4n) is 2.36. The molecule has 0 spiro atoms. The molecule has 3 nitrogen and oxygen atoms in total. The van der Waals surface area contributed by atoms with E-state index in [0.717, 1.165) is 5.30 Å². The summed E-state index contributed by atoms with van der Waals surface area (Å²) in [5, 5.41) is 3.35. The Kier molecular flexibility index (Phi) is 6.40. The molecular weight excluding hydrogens is 334 g/mol. The molecule has 0 aromatic heterocycles. The molecule has 0 atom stereocenters. The standard InChI is InChI=1S/C18H15O3PS.Li/c19-23(20,21)18-13-11-17(12-14-18)22(15-7-3-1-4-8-15)16-9-5-2-6-10-16;/h1-14H,(H,19,20,21);/q;+1/p-1. The summed E-state index contributed by atoms with van der Waals surface area (Å²) >= 11 is 0. The topological polar surface area (TPSA) is 57.2 Å². The van der Waals surface area contributed by atoms with Crippen molar-refractivity contribution < 1.29 is 31.8 Å². The second-order valence-corrected chi connectivity index (χ2v) is 8.55. The van der Waals surface area contributed by atoms with E-state index in [0.29, 0.717) is 0 Å². The predicted molar refractivity (Wildman–Crippen MR) is 93.1 cm³/mol. The van der Waals surface area contributed by atoms with Crippen molar-refractivity contribution in [2.45, 2.75) is 4.90 Å². The van der Waals surface area contributed by atoms with Crippen molar-refractivity contribution in [3.63, 3.8) is 0 Å². The van der Waals surface area contributed by atoms with Crippen LogP contribution in [0.1, 0.15) is 0 Å². The number of rotatable bonds is 4. The molecule has 3 rings (SSSR count). The third kappa shape index (κ3) is 4.36. The van der Waals surface area contributed by atoms with Crippen molar-refractivity contribution in [2.75, 3.05) is 0 Å². The molecule has 0 radical (unpaired) electrons. The average molecular weight is 348 g/mol. The molecule has 0 fully saturated rings. The van der Waals surface area contributed by atoms with Crippen LogP contribution in [0, 0.1) is 0 Å². The Labute approximate surface area is 155 Å². The van der Waals surface area contributed by atoms with E-state index in [9.17, 15) is 13.0 Å². The van der Waals surface area contributed by atoms with Gasteiger partial charge in [0.2, 0.25) is 0 Å². The first-order chi connectivity index (χ1) is 11.1. The Morgan fingerprint density at radius 3 is 1.38 bits per heavy atom. The van der Waals surface area contributed by atoms with Crippen LogP contribution in [0.25, 0.3) is 0 Å². The molecule has 0 N–H and O–H groups in total. The number of benzene rings is 3. The summed E-state index contributed by atoms with van der Waals surface area (Å²) < 4.78 is 33.3. The van der Waals surface area contributed by atoms with Crippen molar-refractivity contribution in [3.8, 4) is 0 Å². The van der Waals surface area contributed by atoms with Gasteiger partial charge in [-0.25, -0.2) is 8.42 Å². The minimum Gasteiger partial charge on any atom is -0.744 e. The van der Waals surface area contributed by atoms with Gasteiger partial charge in [-0.2, -0.15) is 0 Å². The van der Waals surface area contributed by atoms with Gasteiger partial charge in [-0.3, -0.25) is 0 Å². The summed E-state index contributed by atoms with van der Waals surface area (Å²) in [5.41, 5.74) is 0. The van der Waals surface area contributed by atoms with Crippen LogP contribution >= 0.6 is 7.92 Å². The van der Waals surface area contributed by atoms with Crippen molar-refractivity contribution in [1.82, 2.24) is 0 Å². The molecule has 3 aromatic rings. The van der Waals surface area contributed by atoms with Crippen LogP contribution in [0.3, 0.4) is 0 Å². The maximum Gasteiger partial charge on any atom is 1.00 e.